The van der Waals surface area contributed by atoms with Crippen molar-refractivity contribution in [3.8, 4) is 0 Å². The fourth-order valence-corrected chi connectivity index (χ4v) is 3.04. The molecule has 0 unspecified atom stereocenters. The molecule has 2 aromatic rings. The maximum atomic E-state index is 12.5. The van der Waals surface area contributed by atoms with Crippen molar-refractivity contribution < 1.29 is 9.53 Å². The van der Waals surface area contributed by atoms with Gasteiger partial charge >= 0.3 is 0 Å². The minimum absolute atomic E-state index is 0.106. The first-order valence-corrected chi connectivity index (χ1v) is 8.24. The van der Waals surface area contributed by atoms with Crippen molar-refractivity contribution in [2.24, 2.45) is 0 Å². The smallest absolute Gasteiger partial charge is 0.253 e. The van der Waals surface area contributed by atoms with Crippen LogP contribution in [0.1, 0.15) is 34.3 Å². The monoisotopic (exact) mass is 309 g/mol. The van der Waals surface area contributed by atoms with Crippen molar-refractivity contribution in [1.82, 2.24) is 4.90 Å². The van der Waals surface area contributed by atoms with Gasteiger partial charge in [-0.1, -0.05) is 48.0 Å². The topological polar surface area (TPSA) is 29.5 Å². The number of amides is 1. The number of hydrogen-bond donors (Lipinski definition) is 0. The molecule has 120 valence electrons. The molecule has 0 radical (unpaired) electrons. The van der Waals surface area contributed by atoms with E-state index in [0.717, 1.165) is 24.9 Å². The molecule has 0 aliphatic carbocycles. The molecule has 1 saturated heterocycles. The molecule has 3 nitrogen and oxygen atoms in total. The van der Waals surface area contributed by atoms with Gasteiger partial charge in [-0.05, 0) is 37.5 Å². The van der Waals surface area contributed by atoms with Crippen LogP contribution < -0.4 is 0 Å². The van der Waals surface area contributed by atoms with E-state index in [1.54, 1.807) is 0 Å². The lowest BCUT2D eigenvalue weighted by Crippen LogP contribution is -2.43. The largest absolute Gasteiger partial charge is 0.372 e. The molecule has 1 heterocycles. The van der Waals surface area contributed by atoms with Crippen LogP contribution in [-0.2, 0) is 11.3 Å². The predicted octanol–water partition coefficient (Wildman–Crippen LogP) is 3.82. The summed E-state index contributed by atoms with van der Waals surface area (Å²) in [5.74, 6) is 0.106. The second kappa shape index (κ2) is 7.42. The molecule has 1 aliphatic heterocycles. The lowest BCUT2D eigenvalue weighted by Gasteiger charge is -2.32. The first-order chi connectivity index (χ1) is 11.2. The number of ether oxygens (including phenoxy) is 1. The van der Waals surface area contributed by atoms with Crippen molar-refractivity contribution in [1.29, 1.82) is 0 Å². The quantitative estimate of drug-likeness (QED) is 0.859. The maximum absolute atomic E-state index is 12.5. The van der Waals surface area contributed by atoms with Crippen molar-refractivity contribution in [2.75, 3.05) is 13.1 Å². The molecule has 1 amide bonds. The Hall–Kier alpha value is -2.13. The lowest BCUT2D eigenvalue weighted by atomic mass is 10.1. The van der Waals surface area contributed by atoms with E-state index in [1.807, 2.05) is 35.2 Å². The fraction of sp³-hybridized carbons (Fsp3) is 0.350. The average Bonchev–Trinajstić information content (AvgIpc) is 2.60. The third-order valence-electron chi connectivity index (χ3n) is 4.25. The van der Waals surface area contributed by atoms with E-state index >= 15 is 0 Å². The number of piperidine rings is 1. The van der Waals surface area contributed by atoms with Crippen molar-refractivity contribution >= 4 is 5.91 Å². The molecule has 2 aromatic carbocycles. The Morgan fingerprint density at radius 2 is 2.00 bits per heavy atom. The van der Waals surface area contributed by atoms with Crippen LogP contribution in [0.5, 0.6) is 0 Å². The van der Waals surface area contributed by atoms with Gasteiger partial charge in [-0.3, -0.25) is 4.79 Å². The maximum Gasteiger partial charge on any atom is 0.253 e. The first kappa shape index (κ1) is 15.8. The van der Waals surface area contributed by atoms with Crippen LogP contribution in [-0.4, -0.2) is 30.0 Å². The number of carbonyl (C=O) groups is 1. The number of likely N-dealkylation sites (tertiary alicyclic amines) is 1. The van der Waals surface area contributed by atoms with Gasteiger partial charge in [-0.2, -0.15) is 0 Å². The highest BCUT2D eigenvalue weighted by Crippen LogP contribution is 2.18. The van der Waals surface area contributed by atoms with Crippen LogP contribution in [0.2, 0.25) is 0 Å². The van der Waals surface area contributed by atoms with Crippen LogP contribution in [0.15, 0.2) is 54.6 Å². The molecule has 0 aromatic heterocycles. The summed E-state index contributed by atoms with van der Waals surface area (Å²) in [6.45, 7) is 4.20. The summed E-state index contributed by atoms with van der Waals surface area (Å²) >= 11 is 0. The van der Waals surface area contributed by atoms with Crippen molar-refractivity contribution in [3.63, 3.8) is 0 Å². The molecule has 1 atom stereocenters. The SMILES string of the molecule is Cc1cccc(CO[C@@H]2CCCN(C(=O)c3ccccc3)C2)c1. The minimum Gasteiger partial charge on any atom is -0.372 e. The number of hydrogen-bond acceptors (Lipinski definition) is 2. The van der Waals surface area contributed by atoms with E-state index in [4.69, 9.17) is 4.74 Å². The number of benzene rings is 2. The van der Waals surface area contributed by atoms with Crippen LogP contribution in [0, 0.1) is 6.92 Å². The lowest BCUT2D eigenvalue weighted by molar-refractivity contribution is -0.00673. The van der Waals surface area contributed by atoms with Crippen LogP contribution in [0.25, 0.3) is 0 Å². The zero-order chi connectivity index (χ0) is 16.1. The Kier molecular flexibility index (Phi) is 5.09. The summed E-state index contributed by atoms with van der Waals surface area (Å²) in [7, 11) is 0. The van der Waals surface area contributed by atoms with Crippen LogP contribution >= 0.6 is 0 Å². The average molecular weight is 309 g/mol. The van der Waals surface area contributed by atoms with Crippen molar-refractivity contribution in [2.45, 2.75) is 32.5 Å². The summed E-state index contributed by atoms with van der Waals surface area (Å²) in [6, 6.07) is 17.9. The number of nitrogens with zero attached hydrogens (tertiary/aromatic N) is 1. The molecule has 23 heavy (non-hydrogen) atoms. The number of rotatable bonds is 4. The summed E-state index contributed by atoms with van der Waals surface area (Å²) in [6.07, 6.45) is 2.14. The van der Waals surface area contributed by atoms with E-state index < -0.39 is 0 Å². The molecule has 0 saturated carbocycles. The van der Waals surface area contributed by atoms with Gasteiger partial charge in [0.1, 0.15) is 0 Å². The van der Waals surface area contributed by atoms with Gasteiger partial charge in [0.15, 0.2) is 0 Å². The van der Waals surface area contributed by atoms with E-state index in [0.29, 0.717) is 13.2 Å². The third kappa shape index (κ3) is 4.20. The van der Waals surface area contributed by atoms with Gasteiger partial charge in [-0.25, -0.2) is 0 Å². The highest BCUT2D eigenvalue weighted by Gasteiger charge is 2.24. The molecule has 1 fully saturated rings. The zero-order valence-electron chi connectivity index (χ0n) is 13.6. The highest BCUT2D eigenvalue weighted by atomic mass is 16.5. The van der Waals surface area contributed by atoms with Gasteiger partial charge in [0.25, 0.3) is 5.91 Å². The molecule has 0 bridgehead atoms. The van der Waals surface area contributed by atoms with Crippen LogP contribution in [0.3, 0.4) is 0 Å². The molecular formula is C20H23NO2. The van der Waals surface area contributed by atoms with Gasteiger partial charge in [-0.15, -0.1) is 0 Å². The Labute approximate surface area is 137 Å². The number of aryl methyl sites for hydroxylation is 1. The van der Waals surface area contributed by atoms with E-state index in [-0.39, 0.29) is 12.0 Å². The van der Waals surface area contributed by atoms with E-state index in [9.17, 15) is 4.79 Å². The van der Waals surface area contributed by atoms with Gasteiger partial charge in [0, 0.05) is 18.7 Å². The standard InChI is InChI=1S/C20H23NO2/c1-16-7-5-8-17(13-16)15-23-19-11-6-12-21(14-19)20(22)18-9-3-2-4-10-18/h2-5,7-10,13,19H,6,11-12,14-15H2,1H3/t19-/m1/s1. The molecule has 0 spiro atoms. The summed E-state index contributed by atoms with van der Waals surface area (Å²) in [4.78, 5) is 14.5. The minimum atomic E-state index is 0.106. The summed E-state index contributed by atoms with van der Waals surface area (Å²) in [5, 5.41) is 0. The van der Waals surface area contributed by atoms with Gasteiger partial charge < -0.3 is 9.64 Å². The van der Waals surface area contributed by atoms with Gasteiger partial charge in [0.05, 0.1) is 12.7 Å². The van der Waals surface area contributed by atoms with Crippen LogP contribution in [0.4, 0.5) is 0 Å². The Morgan fingerprint density at radius 1 is 1.17 bits per heavy atom. The molecule has 3 rings (SSSR count). The Balaban J connectivity index is 1.57. The molecular weight excluding hydrogens is 286 g/mol. The molecule has 1 aliphatic rings. The van der Waals surface area contributed by atoms with Crippen molar-refractivity contribution in [3.05, 3.63) is 71.3 Å². The summed E-state index contributed by atoms with van der Waals surface area (Å²) in [5.41, 5.74) is 3.19. The fourth-order valence-electron chi connectivity index (χ4n) is 3.04. The molecule has 0 N–H and O–H groups in total. The normalized spacial score (nSPS) is 18.0. The zero-order valence-corrected chi connectivity index (χ0v) is 13.6. The second-order valence-electron chi connectivity index (χ2n) is 6.18. The van der Waals surface area contributed by atoms with Gasteiger partial charge in [0.2, 0.25) is 0 Å². The molecule has 3 heteroatoms. The first-order valence-electron chi connectivity index (χ1n) is 8.24. The van der Waals surface area contributed by atoms with E-state index in [2.05, 4.69) is 31.2 Å². The predicted molar refractivity (Wildman–Crippen MR) is 91.3 cm³/mol. The number of carbonyl (C=O) groups excluding carboxylic acids is 1. The Morgan fingerprint density at radius 3 is 2.78 bits per heavy atom. The summed E-state index contributed by atoms with van der Waals surface area (Å²) < 4.78 is 6.05. The highest BCUT2D eigenvalue weighted by molar-refractivity contribution is 5.94. The third-order valence-corrected chi connectivity index (χ3v) is 4.25. The Bertz CT molecular complexity index is 654. The van der Waals surface area contributed by atoms with E-state index in [1.165, 1.54) is 11.1 Å². The second-order valence-corrected chi connectivity index (χ2v) is 6.18.